The normalized spacial score (nSPS) is 17.4. The van der Waals surface area contributed by atoms with Crippen LogP contribution in [0.1, 0.15) is 38.7 Å². The van der Waals surface area contributed by atoms with Crippen LogP contribution in [0.25, 0.3) is 0 Å². The van der Waals surface area contributed by atoms with Crippen molar-refractivity contribution in [1.29, 1.82) is 0 Å². The van der Waals surface area contributed by atoms with Gasteiger partial charge in [0.05, 0.1) is 13.7 Å². The summed E-state index contributed by atoms with van der Waals surface area (Å²) in [6.45, 7) is 5.70. The Balaban J connectivity index is 2.16. The van der Waals surface area contributed by atoms with Crippen molar-refractivity contribution >= 4 is 0 Å². The van der Waals surface area contributed by atoms with Crippen molar-refractivity contribution in [3.8, 4) is 11.5 Å². The maximum absolute atomic E-state index is 6.46. The summed E-state index contributed by atoms with van der Waals surface area (Å²) in [4.78, 5) is 0. The van der Waals surface area contributed by atoms with E-state index in [1.165, 1.54) is 5.56 Å². The SMILES string of the molecule is COCCCOc1cc(C2(C(N)C(C)C)CC2)ccc1OC. The van der Waals surface area contributed by atoms with Crippen LogP contribution in [0.5, 0.6) is 11.5 Å². The van der Waals surface area contributed by atoms with Crippen molar-refractivity contribution in [1.82, 2.24) is 0 Å². The third-order valence-electron chi connectivity index (χ3n) is 4.63. The fourth-order valence-corrected chi connectivity index (χ4v) is 3.07. The van der Waals surface area contributed by atoms with Gasteiger partial charge in [-0.3, -0.25) is 0 Å². The first-order valence-electron chi connectivity index (χ1n) is 8.11. The molecule has 1 fully saturated rings. The Kier molecular flexibility index (Phi) is 5.70. The van der Waals surface area contributed by atoms with Crippen LogP contribution < -0.4 is 15.2 Å². The van der Waals surface area contributed by atoms with E-state index < -0.39 is 0 Å². The Morgan fingerprint density at radius 1 is 1.14 bits per heavy atom. The number of hydrogen-bond donors (Lipinski definition) is 1. The van der Waals surface area contributed by atoms with Crippen molar-refractivity contribution in [2.45, 2.75) is 44.6 Å². The minimum Gasteiger partial charge on any atom is -0.493 e. The van der Waals surface area contributed by atoms with Gasteiger partial charge in [-0.05, 0) is 36.5 Å². The topological polar surface area (TPSA) is 53.7 Å². The molecule has 4 nitrogen and oxygen atoms in total. The third kappa shape index (κ3) is 3.55. The standard InChI is InChI=1S/C18H29NO3/c1-13(2)17(19)18(8-9-18)14-6-7-15(21-4)16(12-14)22-11-5-10-20-3/h6-7,12-13,17H,5,8-11,19H2,1-4H3. The minimum atomic E-state index is 0.116. The summed E-state index contributed by atoms with van der Waals surface area (Å²) >= 11 is 0. The molecule has 1 aliphatic rings. The van der Waals surface area contributed by atoms with E-state index in [-0.39, 0.29) is 11.5 Å². The zero-order valence-electron chi connectivity index (χ0n) is 14.2. The Morgan fingerprint density at radius 3 is 2.41 bits per heavy atom. The smallest absolute Gasteiger partial charge is 0.161 e. The lowest BCUT2D eigenvalue weighted by Gasteiger charge is -2.27. The van der Waals surface area contributed by atoms with Gasteiger partial charge in [-0.25, -0.2) is 0 Å². The van der Waals surface area contributed by atoms with Crippen molar-refractivity contribution in [2.75, 3.05) is 27.4 Å². The monoisotopic (exact) mass is 307 g/mol. The highest BCUT2D eigenvalue weighted by Crippen LogP contribution is 2.53. The van der Waals surface area contributed by atoms with E-state index in [9.17, 15) is 0 Å². The molecule has 0 amide bonds. The molecule has 1 atom stereocenters. The van der Waals surface area contributed by atoms with Crippen LogP contribution >= 0.6 is 0 Å². The fraction of sp³-hybridized carbons (Fsp3) is 0.667. The van der Waals surface area contributed by atoms with Crippen LogP contribution in [-0.2, 0) is 10.2 Å². The number of hydrogen-bond acceptors (Lipinski definition) is 4. The zero-order chi connectivity index (χ0) is 16.2. The van der Waals surface area contributed by atoms with E-state index in [4.69, 9.17) is 19.9 Å². The highest BCUT2D eigenvalue weighted by Gasteiger charge is 2.50. The predicted octanol–water partition coefficient (Wildman–Crippen LogP) is 3.13. The van der Waals surface area contributed by atoms with Crippen LogP contribution in [0.2, 0.25) is 0 Å². The van der Waals surface area contributed by atoms with Gasteiger partial charge in [0.2, 0.25) is 0 Å². The average molecular weight is 307 g/mol. The van der Waals surface area contributed by atoms with Gasteiger partial charge in [-0.15, -0.1) is 0 Å². The summed E-state index contributed by atoms with van der Waals surface area (Å²) in [5.41, 5.74) is 7.85. The molecular formula is C18H29NO3. The first-order chi connectivity index (χ1) is 10.5. The minimum absolute atomic E-state index is 0.116. The lowest BCUT2D eigenvalue weighted by molar-refractivity contribution is 0.170. The summed E-state index contributed by atoms with van der Waals surface area (Å²) in [6, 6.07) is 6.42. The third-order valence-corrected chi connectivity index (χ3v) is 4.63. The molecule has 0 heterocycles. The summed E-state index contributed by atoms with van der Waals surface area (Å²) < 4.78 is 16.4. The molecule has 1 saturated carbocycles. The van der Waals surface area contributed by atoms with Gasteiger partial charge in [0.1, 0.15) is 0 Å². The fourth-order valence-electron chi connectivity index (χ4n) is 3.07. The maximum atomic E-state index is 6.46. The van der Waals surface area contributed by atoms with Crippen LogP contribution in [-0.4, -0.2) is 33.5 Å². The van der Waals surface area contributed by atoms with Crippen LogP contribution in [0, 0.1) is 5.92 Å². The molecule has 0 bridgehead atoms. The van der Waals surface area contributed by atoms with Gasteiger partial charge in [-0.1, -0.05) is 19.9 Å². The highest BCUT2D eigenvalue weighted by atomic mass is 16.5. The van der Waals surface area contributed by atoms with Crippen molar-refractivity contribution in [3.05, 3.63) is 23.8 Å². The molecular weight excluding hydrogens is 278 g/mol. The van der Waals surface area contributed by atoms with E-state index in [0.717, 1.165) is 30.8 Å². The van der Waals surface area contributed by atoms with E-state index in [1.807, 2.05) is 6.07 Å². The summed E-state index contributed by atoms with van der Waals surface area (Å²) in [7, 11) is 3.37. The van der Waals surface area contributed by atoms with Crippen LogP contribution in [0.4, 0.5) is 0 Å². The lowest BCUT2D eigenvalue weighted by atomic mass is 9.82. The molecule has 1 aliphatic carbocycles. The molecule has 0 aliphatic heterocycles. The molecule has 2 N–H and O–H groups in total. The van der Waals surface area contributed by atoms with Gasteiger partial charge in [0.15, 0.2) is 11.5 Å². The molecule has 22 heavy (non-hydrogen) atoms. The summed E-state index contributed by atoms with van der Waals surface area (Å²) in [6.07, 6.45) is 3.17. The molecule has 0 spiro atoms. The Morgan fingerprint density at radius 2 is 1.86 bits per heavy atom. The number of nitrogens with two attached hydrogens (primary N) is 1. The second kappa shape index (κ2) is 7.34. The molecule has 124 valence electrons. The van der Waals surface area contributed by atoms with Crippen molar-refractivity contribution < 1.29 is 14.2 Å². The molecule has 2 rings (SSSR count). The van der Waals surface area contributed by atoms with Gasteiger partial charge >= 0.3 is 0 Å². The van der Waals surface area contributed by atoms with Gasteiger partial charge in [0.25, 0.3) is 0 Å². The summed E-state index contributed by atoms with van der Waals surface area (Å²) in [5.74, 6) is 2.05. The Labute approximate surface area is 133 Å². The first kappa shape index (κ1) is 17.1. The zero-order valence-corrected chi connectivity index (χ0v) is 14.2. The average Bonchev–Trinajstić information content (AvgIpc) is 3.32. The van der Waals surface area contributed by atoms with Gasteiger partial charge in [0, 0.05) is 31.6 Å². The van der Waals surface area contributed by atoms with Crippen LogP contribution in [0.3, 0.4) is 0 Å². The second-order valence-electron chi connectivity index (χ2n) is 6.49. The van der Waals surface area contributed by atoms with E-state index in [2.05, 4.69) is 26.0 Å². The van der Waals surface area contributed by atoms with Gasteiger partial charge < -0.3 is 19.9 Å². The predicted molar refractivity (Wildman–Crippen MR) is 88.7 cm³/mol. The van der Waals surface area contributed by atoms with E-state index in [1.54, 1.807) is 14.2 Å². The van der Waals surface area contributed by atoms with Crippen LogP contribution in [0.15, 0.2) is 18.2 Å². The van der Waals surface area contributed by atoms with Crippen molar-refractivity contribution in [2.24, 2.45) is 11.7 Å². The molecule has 1 unspecified atom stereocenters. The molecule has 4 heteroatoms. The first-order valence-corrected chi connectivity index (χ1v) is 8.11. The van der Waals surface area contributed by atoms with E-state index in [0.29, 0.717) is 19.1 Å². The quantitative estimate of drug-likeness (QED) is 0.712. The Bertz CT molecular complexity index is 483. The maximum Gasteiger partial charge on any atom is 0.161 e. The number of rotatable bonds is 9. The number of benzene rings is 1. The largest absolute Gasteiger partial charge is 0.493 e. The van der Waals surface area contributed by atoms with Crippen molar-refractivity contribution in [3.63, 3.8) is 0 Å². The second-order valence-corrected chi connectivity index (χ2v) is 6.49. The Hall–Kier alpha value is -1.26. The molecule has 1 aromatic rings. The van der Waals surface area contributed by atoms with E-state index >= 15 is 0 Å². The summed E-state index contributed by atoms with van der Waals surface area (Å²) in [5, 5.41) is 0. The number of ether oxygens (including phenoxy) is 3. The van der Waals surface area contributed by atoms with Gasteiger partial charge in [-0.2, -0.15) is 0 Å². The molecule has 0 radical (unpaired) electrons. The lowest BCUT2D eigenvalue weighted by Crippen LogP contribution is -2.39. The highest BCUT2D eigenvalue weighted by molar-refractivity contribution is 5.47. The molecule has 0 saturated heterocycles. The molecule has 0 aromatic heterocycles. The molecule has 1 aromatic carbocycles. The number of methoxy groups -OCH3 is 2.